The fraction of sp³-hybridized carbons (Fsp3) is 0.500. The third kappa shape index (κ3) is 3.68. The third-order valence-corrected chi connectivity index (χ3v) is 2.73. The van der Waals surface area contributed by atoms with Crippen LogP contribution in [0.3, 0.4) is 0 Å². The molecule has 1 heterocycles. The Kier molecular flexibility index (Phi) is 4.48. The van der Waals surface area contributed by atoms with E-state index in [9.17, 15) is 5.11 Å². The molecule has 0 unspecified atom stereocenters. The summed E-state index contributed by atoms with van der Waals surface area (Å²) in [7, 11) is 0. The molecule has 0 saturated carbocycles. The lowest BCUT2D eigenvalue weighted by molar-refractivity contribution is 0.201. The number of nitrogens with one attached hydrogen (secondary N) is 1. The van der Waals surface area contributed by atoms with Crippen LogP contribution in [-0.4, -0.2) is 27.7 Å². The summed E-state index contributed by atoms with van der Waals surface area (Å²) in [4.78, 5) is 7.99. The zero-order valence-corrected chi connectivity index (χ0v) is 11.1. The summed E-state index contributed by atoms with van der Waals surface area (Å²) in [6.45, 7) is 9.82. The molecule has 94 valence electrons. The largest absolute Gasteiger partial charge is 0.394 e. The Balaban J connectivity index is 3.00. The maximum absolute atomic E-state index is 9.39. The molecule has 0 fully saturated rings. The van der Waals surface area contributed by atoms with E-state index in [0.717, 1.165) is 5.56 Å². The van der Waals surface area contributed by atoms with Crippen LogP contribution in [0.1, 0.15) is 26.3 Å². The van der Waals surface area contributed by atoms with Gasteiger partial charge in [-0.05, 0) is 17.0 Å². The molecule has 5 heteroatoms. The number of aliphatic hydroxyl groups is 1. The van der Waals surface area contributed by atoms with Crippen molar-refractivity contribution in [3.05, 3.63) is 23.6 Å². The SMILES string of the molecule is C=Cc1cnc(Cl)nc1N[C@H](CO)C(C)(C)C. The maximum Gasteiger partial charge on any atom is 0.224 e. The van der Waals surface area contributed by atoms with Crippen LogP contribution in [-0.2, 0) is 0 Å². The molecule has 1 aromatic heterocycles. The predicted octanol–water partition coefficient (Wildman–Crippen LogP) is 2.59. The number of hydrogen-bond acceptors (Lipinski definition) is 4. The third-order valence-electron chi connectivity index (χ3n) is 2.55. The van der Waals surface area contributed by atoms with Gasteiger partial charge in [-0.1, -0.05) is 33.4 Å². The molecule has 0 aliphatic heterocycles. The van der Waals surface area contributed by atoms with Gasteiger partial charge in [-0.2, -0.15) is 0 Å². The molecule has 17 heavy (non-hydrogen) atoms. The van der Waals surface area contributed by atoms with Gasteiger partial charge in [0.2, 0.25) is 5.28 Å². The Morgan fingerprint density at radius 1 is 1.59 bits per heavy atom. The molecular weight excluding hydrogens is 238 g/mol. The van der Waals surface area contributed by atoms with Crippen molar-refractivity contribution in [2.75, 3.05) is 11.9 Å². The van der Waals surface area contributed by atoms with E-state index in [2.05, 4.69) is 21.9 Å². The first-order valence-electron chi connectivity index (χ1n) is 5.41. The van der Waals surface area contributed by atoms with E-state index < -0.39 is 0 Å². The number of rotatable bonds is 4. The van der Waals surface area contributed by atoms with E-state index >= 15 is 0 Å². The van der Waals surface area contributed by atoms with Gasteiger partial charge in [-0.15, -0.1) is 0 Å². The van der Waals surface area contributed by atoms with Crippen LogP contribution in [0.5, 0.6) is 0 Å². The van der Waals surface area contributed by atoms with Crippen LogP contribution in [0.15, 0.2) is 12.8 Å². The van der Waals surface area contributed by atoms with Crippen LogP contribution in [0.4, 0.5) is 5.82 Å². The van der Waals surface area contributed by atoms with Gasteiger partial charge in [0, 0.05) is 11.8 Å². The van der Waals surface area contributed by atoms with Crippen molar-refractivity contribution in [3.63, 3.8) is 0 Å². The highest BCUT2D eigenvalue weighted by Gasteiger charge is 2.24. The number of aromatic nitrogens is 2. The summed E-state index contributed by atoms with van der Waals surface area (Å²) < 4.78 is 0. The van der Waals surface area contributed by atoms with Gasteiger partial charge >= 0.3 is 0 Å². The molecule has 0 spiro atoms. The van der Waals surface area contributed by atoms with Crippen LogP contribution >= 0.6 is 11.6 Å². The first-order valence-corrected chi connectivity index (χ1v) is 5.78. The van der Waals surface area contributed by atoms with E-state index in [1.54, 1.807) is 12.3 Å². The molecule has 2 N–H and O–H groups in total. The lowest BCUT2D eigenvalue weighted by Gasteiger charge is -2.30. The fourth-order valence-electron chi connectivity index (χ4n) is 1.34. The average Bonchev–Trinajstić information content (AvgIpc) is 2.24. The highest BCUT2D eigenvalue weighted by Crippen LogP contribution is 2.24. The first-order chi connectivity index (χ1) is 7.88. The molecule has 0 radical (unpaired) electrons. The lowest BCUT2D eigenvalue weighted by Crippen LogP contribution is -2.37. The molecule has 0 aliphatic rings. The average molecular weight is 256 g/mol. The second kappa shape index (κ2) is 5.47. The molecule has 1 aromatic rings. The molecular formula is C12H18ClN3O. The minimum atomic E-state index is -0.118. The molecule has 0 aromatic carbocycles. The zero-order chi connectivity index (χ0) is 13.1. The normalized spacial score (nSPS) is 13.2. The van der Waals surface area contributed by atoms with Crippen LogP contribution < -0.4 is 5.32 Å². The molecule has 0 amide bonds. The van der Waals surface area contributed by atoms with Crippen LogP contribution in [0, 0.1) is 5.41 Å². The second-order valence-corrected chi connectivity index (χ2v) is 5.23. The summed E-state index contributed by atoms with van der Waals surface area (Å²) >= 11 is 5.76. The summed E-state index contributed by atoms with van der Waals surface area (Å²) in [6, 6.07) is -0.118. The Hall–Kier alpha value is -1.13. The molecule has 0 bridgehead atoms. The summed E-state index contributed by atoms with van der Waals surface area (Å²) in [6.07, 6.45) is 3.25. The van der Waals surface area contributed by atoms with Gasteiger partial charge in [0.05, 0.1) is 12.6 Å². The number of anilines is 1. The molecule has 4 nitrogen and oxygen atoms in total. The molecule has 1 rings (SSSR count). The number of aliphatic hydroxyl groups excluding tert-OH is 1. The van der Waals surface area contributed by atoms with E-state index in [0.29, 0.717) is 5.82 Å². The summed E-state index contributed by atoms with van der Waals surface area (Å²) in [5.41, 5.74) is 0.669. The Bertz CT molecular complexity index is 401. The Labute approximate surface area is 107 Å². The monoisotopic (exact) mass is 255 g/mol. The molecule has 1 atom stereocenters. The smallest absolute Gasteiger partial charge is 0.224 e. The highest BCUT2D eigenvalue weighted by molar-refractivity contribution is 6.28. The van der Waals surface area contributed by atoms with Crippen molar-refractivity contribution in [2.24, 2.45) is 5.41 Å². The van der Waals surface area contributed by atoms with Crippen molar-refractivity contribution >= 4 is 23.5 Å². The van der Waals surface area contributed by atoms with Crippen molar-refractivity contribution < 1.29 is 5.11 Å². The fourth-order valence-corrected chi connectivity index (χ4v) is 1.47. The van der Waals surface area contributed by atoms with Gasteiger partial charge in [-0.25, -0.2) is 9.97 Å². The van der Waals surface area contributed by atoms with Crippen LogP contribution in [0.25, 0.3) is 6.08 Å². The summed E-state index contributed by atoms with van der Waals surface area (Å²) in [5, 5.41) is 12.7. The van der Waals surface area contributed by atoms with Crippen molar-refractivity contribution in [2.45, 2.75) is 26.8 Å². The van der Waals surface area contributed by atoms with Crippen molar-refractivity contribution in [1.29, 1.82) is 0 Å². The lowest BCUT2D eigenvalue weighted by atomic mass is 9.87. The van der Waals surface area contributed by atoms with Gasteiger partial charge < -0.3 is 10.4 Å². The van der Waals surface area contributed by atoms with Crippen molar-refractivity contribution in [1.82, 2.24) is 9.97 Å². The quantitative estimate of drug-likeness (QED) is 0.812. The van der Waals surface area contributed by atoms with Crippen molar-refractivity contribution in [3.8, 4) is 0 Å². The molecule has 0 saturated heterocycles. The second-order valence-electron chi connectivity index (χ2n) is 4.89. The van der Waals surface area contributed by atoms with Gasteiger partial charge in [-0.3, -0.25) is 0 Å². The van der Waals surface area contributed by atoms with Crippen LogP contribution in [0.2, 0.25) is 5.28 Å². The predicted molar refractivity (Wildman–Crippen MR) is 71.1 cm³/mol. The first kappa shape index (κ1) is 13.9. The summed E-state index contributed by atoms with van der Waals surface area (Å²) in [5.74, 6) is 0.592. The van der Waals surface area contributed by atoms with E-state index in [1.807, 2.05) is 20.8 Å². The van der Waals surface area contributed by atoms with Gasteiger partial charge in [0.25, 0.3) is 0 Å². The van der Waals surface area contributed by atoms with E-state index in [-0.39, 0.29) is 23.3 Å². The number of hydrogen-bond donors (Lipinski definition) is 2. The standard InChI is InChI=1S/C12H18ClN3O/c1-5-8-6-14-11(13)16-10(8)15-9(7-17)12(2,3)4/h5-6,9,17H,1,7H2,2-4H3,(H,14,15,16)/t9-/m1/s1. The minimum Gasteiger partial charge on any atom is -0.394 e. The topological polar surface area (TPSA) is 58.0 Å². The molecule has 0 aliphatic carbocycles. The minimum absolute atomic E-state index is 0.0156. The van der Waals surface area contributed by atoms with Gasteiger partial charge in [0.15, 0.2) is 0 Å². The Morgan fingerprint density at radius 2 is 2.24 bits per heavy atom. The number of nitrogens with zero attached hydrogens (tertiary/aromatic N) is 2. The van der Waals surface area contributed by atoms with E-state index in [4.69, 9.17) is 11.6 Å². The maximum atomic E-state index is 9.39. The highest BCUT2D eigenvalue weighted by atomic mass is 35.5. The zero-order valence-electron chi connectivity index (χ0n) is 10.4. The Morgan fingerprint density at radius 3 is 2.71 bits per heavy atom. The van der Waals surface area contributed by atoms with Gasteiger partial charge in [0.1, 0.15) is 5.82 Å². The number of halogens is 1. The van der Waals surface area contributed by atoms with E-state index in [1.165, 1.54) is 0 Å².